The minimum atomic E-state index is -0.504. The van der Waals surface area contributed by atoms with Gasteiger partial charge >= 0.3 is 0 Å². The summed E-state index contributed by atoms with van der Waals surface area (Å²) >= 11 is 1.44. The van der Waals surface area contributed by atoms with Gasteiger partial charge in [0.2, 0.25) is 11.8 Å². The number of carbonyl (C=O) groups is 2. The summed E-state index contributed by atoms with van der Waals surface area (Å²) in [6.45, 7) is 5.83. The molecule has 2 aromatic rings. The van der Waals surface area contributed by atoms with Gasteiger partial charge in [-0.3, -0.25) is 14.5 Å². The first-order valence-corrected chi connectivity index (χ1v) is 8.95. The van der Waals surface area contributed by atoms with Gasteiger partial charge in [0, 0.05) is 13.1 Å². The topological polar surface area (TPSA) is 100 Å². The third kappa shape index (κ3) is 4.64. The number of aromatic nitrogens is 2. The second-order valence-electron chi connectivity index (χ2n) is 5.99. The molecule has 8 nitrogen and oxygen atoms in total. The first-order valence-electron chi connectivity index (χ1n) is 8.14. The Bertz CT molecular complexity index is 757. The molecule has 0 bridgehead atoms. The Labute approximate surface area is 149 Å². The van der Waals surface area contributed by atoms with Crippen LogP contribution in [0.2, 0.25) is 0 Å². The van der Waals surface area contributed by atoms with Crippen LogP contribution in [0.15, 0.2) is 16.5 Å². The molecule has 1 fully saturated rings. The third-order valence-electron chi connectivity index (χ3n) is 3.98. The van der Waals surface area contributed by atoms with Crippen molar-refractivity contribution in [2.75, 3.05) is 13.1 Å². The number of hydrogen-bond donors (Lipinski definition) is 2. The van der Waals surface area contributed by atoms with Crippen LogP contribution in [0.25, 0.3) is 0 Å². The van der Waals surface area contributed by atoms with Gasteiger partial charge in [-0.05, 0) is 26.0 Å². The molecule has 1 atom stereocenters. The smallest absolute Gasteiger partial charge is 0.237 e. The summed E-state index contributed by atoms with van der Waals surface area (Å²) in [4.78, 5) is 26.5. The molecule has 0 saturated carbocycles. The molecule has 3 rings (SSSR count). The third-order valence-corrected chi connectivity index (χ3v) is 4.82. The molecular weight excluding hydrogens is 342 g/mol. The van der Waals surface area contributed by atoms with Gasteiger partial charge in [0.05, 0.1) is 25.6 Å². The van der Waals surface area contributed by atoms with Crippen LogP contribution in [0.4, 0.5) is 0 Å². The molecule has 9 heteroatoms. The highest BCUT2D eigenvalue weighted by Gasteiger charge is 2.32. The lowest BCUT2D eigenvalue weighted by atomic mass is 10.1. The normalized spacial score (nSPS) is 18.2. The van der Waals surface area contributed by atoms with Gasteiger partial charge in [-0.2, -0.15) is 0 Å². The lowest BCUT2D eigenvalue weighted by Crippen LogP contribution is -2.56. The maximum atomic E-state index is 12.3. The van der Waals surface area contributed by atoms with Crippen molar-refractivity contribution in [1.82, 2.24) is 25.7 Å². The molecule has 0 radical (unpaired) electrons. The zero-order chi connectivity index (χ0) is 17.8. The standard InChI is InChI=1S/C16H21N5O3S/c1-10-3-4-12(24-10)9-21-6-5-17-16(23)13(21)7-14(22)18-8-15-20-19-11(2)25-15/h3-4,13H,5-9H2,1-2H3,(H,17,23)(H,18,22). The molecule has 1 aliphatic rings. The molecule has 2 N–H and O–H groups in total. The fourth-order valence-electron chi connectivity index (χ4n) is 2.77. The van der Waals surface area contributed by atoms with Crippen molar-refractivity contribution in [1.29, 1.82) is 0 Å². The Morgan fingerprint density at radius 2 is 2.28 bits per heavy atom. The van der Waals surface area contributed by atoms with Crippen LogP contribution in [0, 0.1) is 13.8 Å². The summed E-state index contributed by atoms with van der Waals surface area (Å²) in [7, 11) is 0. The van der Waals surface area contributed by atoms with Crippen molar-refractivity contribution in [2.45, 2.75) is 39.4 Å². The highest BCUT2D eigenvalue weighted by Crippen LogP contribution is 2.16. The summed E-state index contributed by atoms with van der Waals surface area (Å²) in [5.74, 6) is 1.31. The van der Waals surface area contributed by atoms with Crippen molar-refractivity contribution >= 4 is 23.2 Å². The van der Waals surface area contributed by atoms with E-state index in [9.17, 15) is 9.59 Å². The number of nitrogens with one attached hydrogen (secondary N) is 2. The second-order valence-corrected chi connectivity index (χ2v) is 7.25. The summed E-state index contributed by atoms with van der Waals surface area (Å²) in [5, 5.41) is 15.1. The van der Waals surface area contributed by atoms with Crippen LogP contribution >= 0.6 is 11.3 Å². The fourth-order valence-corrected chi connectivity index (χ4v) is 3.42. The van der Waals surface area contributed by atoms with Gasteiger partial charge in [0.15, 0.2) is 0 Å². The second kappa shape index (κ2) is 7.75. The first-order chi connectivity index (χ1) is 12.0. The molecule has 0 spiro atoms. The van der Waals surface area contributed by atoms with E-state index >= 15 is 0 Å². The minimum Gasteiger partial charge on any atom is -0.465 e. The van der Waals surface area contributed by atoms with Gasteiger partial charge in [0.1, 0.15) is 21.5 Å². The van der Waals surface area contributed by atoms with E-state index in [4.69, 9.17) is 4.42 Å². The van der Waals surface area contributed by atoms with Crippen LogP contribution in [0.3, 0.4) is 0 Å². The SMILES string of the molecule is Cc1ccc(CN2CCNC(=O)C2CC(=O)NCc2nnc(C)s2)o1. The zero-order valence-electron chi connectivity index (χ0n) is 14.2. The van der Waals surface area contributed by atoms with E-state index in [-0.39, 0.29) is 18.2 Å². The largest absolute Gasteiger partial charge is 0.465 e. The molecule has 1 unspecified atom stereocenters. The maximum Gasteiger partial charge on any atom is 0.237 e. The summed E-state index contributed by atoms with van der Waals surface area (Å²) < 4.78 is 5.59. The molecule has 2 aromatic heterocycles. The van der Waals surface area contributed by atoms with E-state index in [2.05, 4.69) is 20.8 Å². The molecule has 134 valence electrons. The summed E-state index contributed by atoms with van der Waals surface area (Å²) in [5.41, 5.74) is 0. The molecule has 1 aliphatic heterocycles. The molecule has 3 heterocycles. The zero-order valence-corrected chi connectivity index (χ0v) is 15.1. The minimum absolute atomic E-state index is 0.101. The molecule has 25 heavy (non-hydrogen) atoms. The van der Waals surface area contributed by atoms with Crippen LogP contribution in [0.1, 0.15) is 28.0 Å². The monoisotopic (exact) mass is 363 g/mol. The predicted octanol–water partition coefficient (Wildman–Crippen LogP) is 0.755. The van der Waals surface area contributed by atoms with E-state index in [0.717, 1.165) is 21.5 Å². The average molecular weight is 363 g/mol. The van der Waals surface area contributed by atoms with E-state index in [0.29, 0.717) is 26.2 Å². The Balaban J connectivity index is 1.58. The highest BCUT2D eigenvalue weighted by molar-refractivity contribution is 7.11. The van der Waals surface area contributed by atoms with Crippen molar-refractivity contribution in [3.8, 4) is 0 Å². The Hall–Kier alpha value is -2.26. The van der Waals surface area contributed by atoms with Crippen molar-refractivity contribution in [2.24, 2.45) is 0 Å². The van der Waals surface area contributed by atoms with E-state index in [1.54, 1.807) is 0 Å². The highest BCUT2D eigenvalue weighted by atomic mass is 32.1. The first kappa shape index (κ1) is 17.6. The van der Waals surface area contributed by atoms with E-state index in [1.807, 2.05) is 30.9 Å². The average Bonchev–Trinajstić information content (AvgIpc) is 3.17. The van der Waals surface area contributed by atoms with E-state index in [1.165, 1.54) is 11.3 Å². The lowest BCUT2D eigenvalue weighted by molar-refractivity contribution is -0.134. The van der Waals surface area contributed by atoms with Crippen LogP contribution in [-0.4, -0.2) is 46.0 Å². The number of amides is 2. The lowest BCUT2D eigenvalue weighted by Gasteiger charge is -2.34. The Morgan fingerprint density at radius 3 is 2.96 bits per heavy atom. The molecule has 1 saturated heterocycles. The van der Waals surface area contributed by atoms with Gasteiger partial charge < -0.3 is 15.1 Å². The van der Waals surface area contributed by atoms with Crippen molar-refractivity contribution < 1.29 is 14.0 Å². The number of nitrogens with zero attached hydrogens (tertiary/aromatic N) is 3. The molecule has 0 aromatic carbocycles. The van der Waals surface area contributed by atoms with Crippen LogP contribution < -0.4 is 10.6 Å². The molecule has 2 amide bonds. The number of carbonyl (C=O) groups excluding carboxylic acids is 2. The van der Waals surface area contributed by atoms with Gasteiger partial charge in [-0.15, -0.1) is 10.2 Å². The number of rotatable bonds is 6. The Morgan fingerprint density at radius 1 is 1.44 bits per heavy atom. The van der Waals surface area contributed by atoms with Gasteiger partial charge in [0.25, 0.3) is 0 Å². The number of piperazine rings is 1. The van der Waals surface area contributed by atoms with Gasteiger partial charge in [-0.25, -0.2) is 0 Å². The quantitative estimate of drug-likeness (QED) is 0.786. The van der Waals surface area contributed by atoms with E-state index < -0.39 is 6.04 Å². The molecular formula is C16H21N5O3S. The van der Waals surface area contributed by atoms with Crippen LogP contribution in [0.5, 0.6) is 0 Å². The Kier molecular flexibility index (Phi) is 5.44. The fraction of sp³-hybridized carbons (Fsp3) is 0.500. The van der Waals surface area contributed by atoms with Crippen molar-refractivity contribution in [3.63, 3.8) is 0 Å². The predicted molar refractivity (Wildman–Crippen MR) is 91.8 cm³/mol. The number of furan rings is 1. The van der Waals surface area contributed by atoms with Crippen molar-refractivity contribution in [3.05, 3.63) is 33.7 Å². The number of aryl methyl sites for hydroxylation is 2. The van der Waals surface area contributed by atoms with Gasteiger partial charge in [-0.1, -0.05) is 11.3 Å². The maximum absolute atomic E-state index is 12.3. The summed E-state index contributed by atoms with van der Waals surface area (Å²) in [6, 6.07) is 3.29. The summed E-state index contributed by atoms with van der Waals surface area (Å²) in [6.07, 6.45) is 0.101. The molecule has 0 aliphatic carbocycles. The number of hydrogen-bond acceptors (Lipinski definition) is 7. The van der Waals surface area contributed by atoms with Crippen LogP contribution in [-0.2, 0) is 22.7 Å².